The van der Waals surface area contributed by atoms with Crippen molar-refractivity contribution in [2.75, 3.05) is 13.1 Å². The van der Waals surface area contributed by atoms with Crippen LogP contribution >= 0.6 is 0 Å². The van der Waals surface area contributed by atoms with Gasteiger partial charge in [-0.05, 0) is 38.7 Å². The van der Waals surface area contributed by atoms with Gasteiger partial charge in [0.2, 0.25) is 0 Å². The Kier molecular flexibility index (Phi) is 3.56. The van der Waals surface area contributed by atoms with Gasteiger partial charge in [-0.3, -0.25) is 9.69 Å². The van der Waals surface area contributed by atoms with Crippen molar-refractivity contribution in [3.63, 3.8) is 0 Å². The predicted molar refractivity (Wildman–Crippen MR) is 85.3 cm³/mol. The quantitative estimate of drug-likeness (QED) is 0.855. The SMILES string of the molecule is Cc1noc(C)c1CN1CC(Cn2nc3c(cc2=O)CCC3)C1. The zero-order valence-corrected chi connectivity index (χ0v) is 13.7. The van der Waals surface area contributed by atoms with Crippen LogP contribution in [0.3, 0.4) is 0 Å². The molecule has 6 nitrogen and oxygen atoms in total. The fourth-order valence-corrected chi connectivity index (χ4v) is 3.69. The lowest BCUT2D eigenvalue weighted by Gasteiger charge is -2.39. The van der Waals surface area contributed by atoms with Gasteiger partial charge in [0, 0.05) is 37.2 Å². The fraction of sp³-hybridized carbons (Fsp3) is 0.588. The first-order valence-corrected chi connectivity index (χ1v) is 8.34. The third-order valence-electron chi connectivity index (χ3n) is 5.05. The second-order valence-electron chi connectivity index (χ2n) is 6.85. The Labute approximate surface area is 135 Å². The molecule has 0 atom stereocenters. The molecule has 122 valence electrons. The van der Waals surface area contributed by atoms with E-state index >= 15 is 0 Å². The summed E-state index contributed by atoms with van der Waals surface area (Å²) in [5.41, 5.74) is 4.49. The first kappa shape index (κ1) is 14.6. The lowest BCUT2D eigenvalue weighted by atomic mass is 9.99. The van der Waals surface area contributed by atoms with Crippen LogP contribution in [-0.4, -0.2) is 32.9 Å². The topological polar surface area (TPSA) is 64.2 Å². The van der Waals surface area contributed by atoms with Gasteiger partial charge in [0.05, 0.1) is 17.9 Å². The van der Waals surface area contributed by atoms with E-state index in [4.69, 9.17) is 4.52 Å². The molecule has 0 unspecified atom stereocenters. The second-order valence-corrected chi connectivity index (χ2v) is 6.85. The van der Waals surface area contributed by atoms with Gasteiger partial charge in [-0.15, -0.1) is 0 Å². The van der Waals surface area contributed by atoms with Crippen LogP contribution in [0.2, 0.25) is 0 Å². The standard InChI is InChI=1S/C17H22N4O2/c1-11-15(12(2)23-19-11)10-20-7-13(8-20)9-21-17(22)6-14-4-3-5-16(14)18-21/h6,13H,3-5,7-10H2,1-2H3. The number of rotatable bonds is 4. The average molecular weight is 314 g/mol. The molecule has 1 aliphatic carbocycles. The van der Waals surface area contributed by atoms with Crippen molar-refractivity contribution in [1.29, 1.82) is 0 Å². The Morgan fingerprint density at radius 3 is 2.87 bits per heavy atom. The van der Waals surface area contributed by atoms with Crippen LogP contribution in [0.1, 0.15) is 34.7 Å². The zero-order valence-electron chi connectivity index (χ0n) is 13.7. The smallest absolute Gasteiger partial charge is 0.267 e. The predicted octanol–water partition coefficient (Wildman–Crippen LogP) is 1.47. The van der Waals surface area contributed by atoms with E-state index in [-0.39, 0.29) is 5.56 Å². The second kappa shape index (κ2) is 5.60. The highest BCUT2D eigenvalue weighted by Gasteiger charge is 2.29. The van der Waals surface area contributed by atoms with Crippen LogP contribution in [0.5, 0.6) is 0 Å². The summed E-state index contributed by atoms with van der Waals surface area (Å²) in [4.78, 5) is 14.5. The molecule has 1 aliphatic heterocycles. The van der Waals surface area contributed by atoms with Gasteiger partial charge in [0.25, 0.3) is 5.56 Å². The Hall–Kier alpha value is -1.95. The first-order valence-electron chi connectivity index (χ1n) is 8.34. The molecule has 0 N–H and O–H groups in total. The number of aromatic nitrogens is 3. The zero-order chi connectivity index (χ0) is 16.0. The molecule has 23 heavy (non-hydrogen) atoms. The van der Waals surface area contributed by atoms with E-state index in [2.05, 4.69) is 15.2 Å². The van der Waals surface area contributed by atoms with Crippen molar-refractivity contribution >= 4 is 0 Å². The lowest BCUT2D eigenvalue weighted by molar-refractivity contribution is 0.0759. The molecule has 2 aromatic rings. The highest BCUT2D eigenvalue weighted by atomic mass is 16.5. The molecule has 0 saturated carbocycles. The van der Waals surface area contributed by atoms with Crippen molar-refractivity contribution in [2.45, 2.75) is 46.2 Å². The minimum absolute atomic E-state index is 0.0508. The molecule has 1 saturated heterocycles. The molecule has 0 amide bonds. The molecule has 2 aromatic heterocycles. The van der Waals surface area contributed by atoms with Crippen LogP contribution in [-0.2, 0) is 25.9 Å². The van der Waals surface area contributed by atoms with Crippen molar-refractivity contribution in [2.24, 2.45) is 5.92 Å². The normalized spacial score (nSPS) is 18.2. The van der Waals surface area contributed by atoms with Crippen molar-refractivity contribution in [1.82, 2.24) is 19.8 Å². The molecular formula is C17H22N4O2. The first-order chi connectivity index (χ1) is 11.1. The highest BCUT2D eigenvalue weighted by molar-refractivity contribution is 5.22. The van der Waals surface area contributed by atoms with Crippen LogP contribution in [0.25, 0.3) is 0 Å². The Morgan fingerprint density at radius 2 is 2.13 bits per heavy atom. The van der Waals surface area contributed by atoms with E-state index in [0.29, 0.717) is 5.92 Å². The summed E-state index contributed by atoms with van der Waals surface area (Å²) >= 11 is 0. The Morgan fingerprint density at radius 1 is 1.30 bits per heavy atom. The molecule has 4 rings (SSSR count). The van der Waals surface area contributed by atoms with E-state index in [1.54, 1.807) is 10.7 Å². The van der Waals surface area contributed by atoms with Crippen molar-refractivity contribution < 1.29 is 4.52 Å². The van der Waals surface area contributed by atoms with E-state index < -0.39 is 0 Å². The molecular weight excluding hydrogens is 292 g/mol. The van der Waals surface area contributed by atoms with Crippen molar-refractivity contribution in [3.8, 4) is 0 Å². The molecule has 3 heterocycles. The van der Waals surface area contributed by atoms with E-state index in [1.807, 2.05) is 13.8 Å². The van der Waals surface area contributed by atoms with Gasteiger partial charge in [-0.1, -0.05) is 5.16 Å². The number of nitrogens with zero attached hydrogens (tertiary/aromatic N) is 4. The van der Waals surface area contributed by atoms with E-state index in [1.165, 1.54) is 5.56 Å². The summed E-state index contributed by atoms with van der Waals surface area (Å²) < 4.78 is 6.88. The number of hydrogen-bond acceptors (Lipinski definition) is 5. The largest absolute Gasteiger partial charge is 0.361 e. The number of aryl methyl sites for hydroxylation is 4. The third-order valence-corrected chi connectivity index (χ3v) is 5.05. The molecule has 0 bridgehead atoms. The summed E-state index contributed by atoms with van der Waals surface area (Å²) in [6.45, 7) is 7.54. The highest BCUT2D eigenvalue weighted by Crippen LogP contribution is 2.23. The van der Waals surface area contributed by atoms with Gasteiger partial charge >= 0.3 is 0 Å². The third kappa shape index (κ3) is 2.72. The summed E-state index contributed by atoms with van der Waals surface area (Å²) in [7, 11) is 0. The van der Waals surface area contributed by atoms with Gasteiger partial charge in [0.1, 0.15) is 5.76 Å². The Balaban J connectivity index is 1.37. The van der Waals surface area contributed by atoms with Crippen LogP contribution in [0.15, 0.2) is 15.4 Å². The summed E-state index contributed by atoms with van der Waals surface area (Å²) in [5, 5.41) is 8.57. The van der Waals surface area contributed by atoms with Crippen LogP contribution in [0, 0.1) is 19.8 Å². The minimum Gasteiger partial charge on any atom is -0.361 e. The van der Waals surface area contributed by atoms with Gasteiger partial charge in [-0.2, -0.15) is 5.10 Å². The number of hydrogen-bond donors (Lipinski definition) is 0. The molecule has 0 spiro atoms. The van der Waals surface area contributed by atoms with Gasteiger partial charge in [-0.25, -0.2) is 4.68 Å². The minimum atomic E-state index is 0.0508. The molecule has 0 radical (unpaired) electrons. The molecule has 1 fully saturated rings. The van der Waals surface area contributed by atoms with Gasteiger partial charge in [0.15, 0.2) is 0 Å². The lowest BCUT2D eigenvalue weighted by Crippen LogP contribution is -2.49. The van der Waals surface area contributed by atoms with E-state index in [0.717, 1.165) is 68.2 Å². The van der Waals surface area contributed by atoms with Crippen molar-refractivity contribution in [3.05, 3.63) is 44.7 Å². The maximum absolute atomic E-state index is 12.1. The average Bonchev–Trinajstić information content (AvgIpc) is 3.05. The number of likely N-dealkylation sites (tertiary alicyclic amines) is 1. The maximum atomic E-state index is 12.1. The molecule has 2 aliphatic rings. The monoisotopic (exact) mass is 314 g/mol. The van der Waals surface area contributed by atoms with E-state index in [9.17, 15) is 4.79 Å². The van der Waals surface area contributed by atoms with Gasteiger partial charge < -0.3 is 4.52 Å². The fourth-order valence-electron chi connectivity index (χ4n) is 3.69. The maximum Gasteiger partial charge on any atom is 0.267 e. The summed E-state index contributed by atoms with van der Waals surface area (Å²) in [6.07, 6.45) is 3.14. The Bertz CT molecular complexity index is 767. The number of fused-ring (bicyclic) bond motifs is 1. The summed E-state index contributed by atoms with van der Waals surface area (Å²) in [5.74, 6) is 1.41. The van der Waals surface area contributed by atoms with Crippen LogP contribution in [0.4, 0.5) is 0 Å². The summed E-state index contributed by atoms with van der Waals surface area (Å²) in [6, 6.07) is 1.79. The molecule has 0 aromatic carbocycles. The van der Waals surface area contributed by atoms with Crippen LogP contribution < -0.4 is 5.56 Å². The molecule has 6 heteroatoms.